The highest BCUT2D eigenvalue weighted by atomic mass is 15.2. The van der Waals surface area contributed by atoms with Gasteiger partial charge in [0.2, 0.25) is 0 Å². The second kappa shape index (κ2) is 13.9. The monoisotopic (exact) mass is 812 g/mol. The molecule has 13 rings (SSSR count). The van der Waals surface area contributed by atoms with Crippen LogP contribution in [0.2, 0.25) is 0 Å². The third-order valence-electron chi connectivity index (χ3n) is 15.7. The lowest BCUT2D eigenvalue weighted by molar-refractivity contribution is 0.563. The van der Waals surface area contributed by atoms with Gasteiger partial charge in [0.25, 0.3) is 0 Å². The molecule has 0 aromatic heterocycles. The zero-order valence-electron chi connectivity index (χ0n) is 36.4. The van der Waals surface area contributed by atoms with E-state index < -0.39 is 0 Å². The van der Waals surface area contributed by atoms with Crippen LogP contribution in [0.3, 0.4) is 0 Å². The van der Waals surface area contributed by atoms with Gasteiger partial charge in [0, 0.05) is 40.1 Å². The van der Waals surface area contributed by atoms with Crippen LogP contribution >= 0.6 is 0 Å². The maximum absolute atomic E-state index is 2.62. The van der Waals surface area contributed by atoms with Crippen LogP contribution < -0.4 is 9.80 Å². The number of benzene rings is 6. The molecule has 306 valence electrons. The van der Waals surface area contributed by atoms with E-state index in [-0.39, 0.29) is 10.8 Å². The van der Waals surface area contributed by atoms with Crippen molar-refractivity contribution in [2.45, 2.75) is 76.0 Å². The van der Waals surface area contributed by atoms with Crippen LogP contribution in [0.5, 0.6) is 0 Å². The SMILES string of the molecule is CC1(C)c2cc(/C=C/c3ccc4c(c3)C3(Cc5ccccc5C3)c3cc(N5C6=C(C=CCC6)C=Cc6ccccc65)ccc3-4)ccc2-c2ccc(N3CCCC4=C3CCC=C4)cc21. The van der Waals surface area contributed by atoms with Crippen LogP contribution in [-0.2, 0) is 23.7 Å². The smallest absolute Gasteiger partial charge is 0.0531 e. The van der Waals surface area contributed by atoms with Gasteiger partial charge in [-0.3, -0.25) is 0 Å². The Morgan fingerprint density at radius 2 is 1.13 bits per heavy atom. The summed E-state index contributed by atoms with van der Waals surface area (Å²) >= 11 is 0. The van der Waals surface area contributed by atoms with Crippen molar-refractivity contribution >= 4 is 35.3 Å². The zero-order chi connectivity index (χ0) is 41.9. The molecule has 1 spiro atoms. The summed E-state index contributed by atoms with van der Waals surface area (Å²) in [5.41, 5.74) is 27.5. The van der Waals surface area contributed by atoms with E-state index in [0.717, 1.165) is 45.1 Å². The number of rotatable bonds is 4. The lowest BCUT2D eigenvalue weighted by atomic mass is 9.75. The fraction of sp³-hybridized carbons (Fsp3) is 0.213. The van der Waals surface area contributed by atoms with E-state index in [9.17, 15) is 0 Å². The highest BCUT2D eigenvalue weighted by Crippen LogP contribution is 2.57. The second-order valence-electron chi connectivity index (χ2n) is 19.5. The number of hydrogen-bond donors (Lipinski definition) is 0. The van der Waals surface area contributed by atoms with Crippen molar-refractivity contribution in [1.82, 2.24) is 0 Å². The van der Waals surface area contributed by atoms with Crippen molar-refractivity contribution in [3.05, 3.63) is 224 Å². The molecule has 2 aliphatic heterocycles. The van der Waals surface area contributed by atoms with Crippen molar-refractivity contribution in [2.75, 3.05) is 16.3 Å². The van der Waals surface area contributed by atoms with Crippen molar-refractivity contribution in [3.8, 4) is 22.3 Å². The maximum atomic E-state index is 2.62. The molecule has 0 saturated carbocycles. The van der Waals surface area contributed by atoms with Gasteiger partial charge in [0.05, 0.1) is 5.69 Å². The number of fused-ring (bicyclic) bond motifs is 10. The van der Waals surface area contributed by atoms with Crippen LogP contribution in [0.4, 0.5) is 17.1 Å². The van der Waals surface area contributed by atoms with Crippen molar-refractivity contribution < 1.29 is 0 Å². The highest BCUT2D eigenvalue weighted by molar-refractivity contribution is 5.89. The van der Waals surface area contributed by atoms with E-state index in [1.54, 1.807) is 11.3 Å². The molecule has 0 radical (unpaired) electrons. The maximum Gasteiger partial charge on any atom is 0.0531 e. The summed E-state index contributed by atoms with van der Waals surface area (Å²) in [4.78, 5) is 5.18. The van der Waals surface area contributed by atoms with Gasteiger partial charge >= 0.3 is 0 Å². The molecule has 2 nitrogen and oxygen atoms in total. The zero-order valence-corrected chi connectivity index (χ0v) is 36.4. The third-order valence-corrected chi connectivity index (χ3v) is 15.7. The molecule has 2 heterocycles. The first kappa shape index (κ1) is 37.0. The molecule has 0 atom stereocenters. The fourth-order valence-electron chi connectivity index (χ4n) is 12.5. The summed E-state index contributed by atoms with van der Waals surface area (Å²) in [6.07, 6.45) is 27.5. The molecule has 7 aliphatic rings. The largest absolute Gasteiger partial charge is 0.345 e. The summed E-state index contributed by atoms with van der Waals surface area (Å²) in [7, 11) is 0. The predicted molar refractivity (Wildman–Crippen MR) is 264 cm³/mol. The lowest BCUT2D eigenvalue weighted by Crippen LogP contribution is -2.29. The summed E-state index contributed by atoms with van der Waals surface area (Å²) < 4.78 is 0. The van der Waals surface area contributed by atoms with E-state index in [1.807, 2.05) is 0 Å². The van der Waals surface area contributed by atoms with Crippen molar-refractivity contribution in [1.29, 1.82) is 0 Å². The van der Waals surface area contributed by atoms with Gasteiger partial charge in [-0.1, -0.05) is 153 Å². The van der Waals surface area contributed by atoms with E-state index in [1.165, 1.54) is 113 Å². The van der Waals surface area contributed by atoms with Crippen LogP contribution in [0.15, 0.2) is 174 Å². The molecule has 0 unspecified atom stereocenters. The second-order valence-corrected chi connectivity index (χ2v) is 19.5. The molecule has 0 bridgehead atoms. The summed E-state index contributed by atoms with van der Waals surface area (Å²) in [6.45, 7) is 5.96. The van der Waals surface area contributed by atoms with Gasteiger partial charge in [-0.05, 0) is 165 Å². The Morgan fingerprint density at radius 1 is 0.524 bits per heavy atom. The molecule has 5 aliphatic carbocycles. The number of anilines is 3. The Kier molecular flexibility index (Phi) is 8.17. The Bertz CT molecular complexity index is 3110. The summed E-state index contributed by atoms with van der Waals surface area (Å²) in [5.74, 6) is 0. The number of allylic oxidation sites excluding steroid dienone is 9. The number of nitrogens with zero attached hydrogens (tertiary/aromatic N) is 2. The Morgan fingerprint density at radius 3 is 1.90 bits per heavy atom. The third kappa shape index (κ3) is 5.63. The van der Waals surface area contributed by atoms with Crippen LogP contribution in [0.1, 0.15) is 102 Å². The Labute approximate surface area is 372 Å². The van der Waals surface area contributed by atoms with Crippen LogP contribution in [-0.4, -0.2) is 6.54 Å². The molecular formula is C61H52N2. The normalized spacial score (nSPS) is 19.1. The molecule has 6 aromatic rings. The Balaban J connectivity index is 0.852. The van der Waals surface area contributed by atoms with Crippen LogP contribution in [0, 0.1) is 0 Å². The first-order valence-electron chi connectivity index (χ1n) is 23.4. The Hall–Kier alpha value is -6.64. The number of para-hydroxylation sites is 1. The van der Waals surface area contributed by atoms with Gasteiger partial charge in [-0.15, -0.1) is 0 Å². The predicted octanol–water partition coefficient (Wildman–Crippen LogP) is 15.2. The molecule has 0 N–H and O–H groups in total. The summed E-state index contributed by atoms with van der Waals surface area (Å²) in [6, 6.07) is 47.1. The minimum absolute atomic E-state index is 0.0796. The van der Waals surface area contributed by atoms with E-state index in [4.69, 9.17) is 0 Å². The van der Waals surface area contributed by atoms with Gasteiger partial charge in [-0.25, -0.2) is 0 Å². The van der Waals surface area contributed by atoms with E-state index in [2.05, 4.69) is 194 Å². The standard InChI is InChI=1S/C61H52N2/c1-60(2)53-34-40(23-29-49(53)50-31-27-47(36-54(50)60)62-33-11-17-42-12-5-8-18-57(42)62)21-22-41-24-30-51-52-32-28-48(37-56(52)61(55(51)35-41)38-45-15-3-4-16-46(45)39-61)63-58-19-9-6-13-43(58)25-26-44-14-7-10-20-59(44)63/h3-7,9,12-16,19,21-32,34-37H,8,10-11,17-18,20,33,38-39H2,1-2H3/b22-21+. The van der Waals surface area contributed by atoms with Gasteiger partial charge in [-0.2, -0.15) is 0 Å². The molecule has 0 amide bonds. The first-order chi connectivity index (χ1) is 30.9. The molecule has 6 aromatic carbocycles. The summed E-state index contributed by atoms with van der Waals surface area (Å²) in [5, 5.41) is 0. The lowest BCUT2D eigenvalue weighted by Gasteiger charge is -2.35. The van der Waals surface area contributed by atoms with Crippen molar-refractivity contribution in [2.24, 2.45) is 0 Å². The van der Waals surface area contributed by atoms with Crippen LogP contribution in [0.25, 0.3) is 40.5 Å². The first-order valence-corrected chi connectivity index (χ1v) is 23.4. The molecule has 0 fully saturated rings. The van der Waals surface area contributed by atoms with Crippen molar-refractivity contribution in [3.63, 3.8) is 0 Å². The topological polar surface area (TPSA) is 6.48 Å². The van der Waals surface area contributed by atoms with Gasteiger partial charge < -0.3 is 9.80 Å². The van der Waals surface area contributed by atoms with Gasteiger partial charge in [0.1, 0.15) is 0 Å². The molecule has 63 heavy (non-hydrogen) atoms. The quantitative estimate of drug-likeness (QED) is 0.164. The fourth-order valence-corrected chi connectivity index (χ4v) is 12.5. The molecule has 0 saturated heterocycles. The average Bonchev–Trinajstić information content (AvgIpc) is 3.87. The number of hydrogen-bond acceptors (Lipinski definition) is 2. The van der Waals surface area contributed by atoms with Gasteiger partial charge in [0.15, 0.2) is 0 Å². The molecule has 2 heteroatoms. The highest BCUT2D eigenvalue weighted by Gasteiger charge is 2.47. The molecular weight excluding hydrogens is 761 g/mol. The minimum Gasteiger partial charge on any atom is -0.345 e. The van der Waals surface area contributed by atoms with E-state index in [0.29, 0.717) is 0 Å². The van der Waals surface area contributed by atoms with E-state index >= 15 is 0 Å². The minimum atomic E-state index is -0.121. The average molecular weight is 813 g/mol.